The molecule has 2 aromatic rings. The van der Waals surface area contributed by atoms with E-state index in [1.807, 2.05) is 59.5 Å². The highest BCUT2D eigenvalue weighted by Gasteiger charge is 2.15. The molecule has 0 unspecified atom stereocenters. The minimum atomic E-state index is -0.279. The van der Waals surface area contributed by atoms with Crippen molar-refractivity contribution in [3.05, 3.63) is 54.6 Å². The first-order valence-electron chi connectivity index (χ1n) is 7.78. The van der Waals surface area contributed by atoms with Crippen LogP contribution in [-0.2, 0) is 9.53 Å². The molecular formula is C19H20N2O3. The predicted molar refractivity (Wildman–Crippen MR) is 92.0 cm³/mol. The molecule has 0 bridgehead atoms. The average Bonchev–Trinajstić information content (AvgIpc) is 3.38. The van der Waals surface area contributed by atoms with Crippen molar-refractivity contribution in [2.75, 3.05) is 24.6 Å². The van der Waals surface area contributed by atoms with E-state index in [1.165, 1.54) is 6.92 Å². The Hall–Kier alpha value is -3.00. The maximum Gasteiger partial charge on any atom is 0.302 e. The smallest absolute Gasteiger partial charge is 0.302 e. The van der Waals surface area contributed by atoms with Crippen LogP contribution < -0.4 is 9.64 Å². The van der Waals surface area contributed by atoms with Crippen LogP contribution in [0.4, 0.5) is 5.69 Å². The van der Waals surface area contributed by atoms with E-state index in [4.69, 9.17) is 14.7 Å². The van der Waals surface area contributed by atoms with E-state index in [0.29, 0.717) is 26.1 Å². The first-order valence-corrected chi connectivity index (χ1v) is 7.78. The van der Waals surface area contributed by atoms with Gasteiger partial charge in [0.25, 0.3) is 0 Å². The monoisotopic (exact) mass is 324 g/mol. The number of benzene rings is 2. The average molecular weight is 324 g/mol. The fourth-order valence-electron chi connectivity index (χ4n) is 2.10. The van der Waals surface area contributed by atoms with Gasteiger partial charge in [-0.3, -0.25) is 4.79 Å². The molecule has 1 aliphatic heterocycles. The van der Waals surface area contributed by atoms with E-state index in [9.17, 15) is 4.79 Å². The molecular weight excluding hydrogens is 304 g/mol. The third kappa shape index (κ3) is 6.01. The summed E-state index contributed by atoms with van der Waals surface area (Å²) in [6, 6.07) is 19.7. The number of nitrogens with zero attached hydrogens (tertiary/aromatic N) is 2. The third-order valence-corrected chi connectivity index (χ3v) is 3.31. The summed E-state index contributed by atoms with van der Waals surface area (Å²) in [6.45, 7) is 2.98. The molecule has 0 saturated carbocycles. The number of rotatable bonds is 6. The minimum Gasteiger partial charge on any atom is -0.464 e. The highest BCUT2D eigenvalue weighted by atomic mass is 16.6. The van der Waals surface area contributed by atoms with Crippen molar-refractivity contribution < 1.29 is 14.3 Å². The van der Waals surface area contributed by atoms with Gasteiger partial charge in [-0.1, -0.05) is 30.3 Å². The second kappa shape index (κ2) is 9.21. The number of nitriles is 1. The topological polar surface area (TPSA) is 65.9 Å². The molecule has 0 fully saturated rings. The van der Waals surface area contributed by atoms with Crippen molar-refractivity contribution >= 4 is 11.7 Å². The molecule has 0 radical (unpaired) electrons. The number of esters is 1. The zero-order chi connectivity index (χ0) is 17.2. The number of para-hydroxylation sites is 3. The van der Waals surface area contributed by atoms with Crippen LogP contribution in [0.5, 0.6) is 11.5 Å². The van der Waals surface area contributed by atoms with Crippen molar-refractivity contribution in [2.24, 2.45) is 0 Å². The van der Waals surface area contributed by atoms with Crippen LogP contribution in [0.2, 0.25) is 0 Å². The molecule has 0 amide bonds. The Kier molecular flexibility index (Phi) is 6.66. The molecule has 0 spiro atoms. The van der Waals surface area contributed by atoms with Gasteiger partial charge in [-0.2, -0.15) is 5.26 Å². The summed E-state index contributed by atoms with van der Waals surface area (Å²) in [6.07, 6.45) is 0.453. The number of hydrogen-bond acceptors (Lipinski definition) is 5. The van der Waals surface area contributed by atoms with Gasteiger partial charge in [0.2, 0.25) is 0 Å². The first kappa shape index (κ1) is 17.4. The SMILES string of the molecule is CC(=O)OCCN(CCC#N)c1ccccc1.c1ccc2c(c1)O2. The number of anilines is 1. The Morgan fingerprint density at radius 3 is 2.25 bits per heavy atom. The summed E-state index contributed by atoms with van der Waals surface area (Å²) < 4.78 is 9.85. The predicted octanol–water partition coefficient (Wildman–Crippen LogP) is 3.76. The van der Waals surface area contributed by atoms with Gasteiger partial charge >= 0.3 is 5.97 Å². The fourth-order valence-corrected chi connectivity index (χ4v) is 2.10. The minimum absolute atomic E-state index is 0.279. The summed E-state index contributed by atoms with van der Waals surface area (Å²) in [5.41, 5.74) is 1.04. The lowest BCUT2D eigenvalue weighted by atomic mass is 10.2. The van der Waals surface area contributed by atoms with Crippen LogP contribution >= 0.6 is 0 Å². The van der Waals surface area contributed by atoms with E-state index in [1.54, 1.807) is 0 Å². The number of ether oxygens (including phenoxy) is 2. The summed E-state index contributed by atoms with van der Waals surface area (Å²) in [5.74, 6) is 1.78. The second-order valence-electron chi connectivity index (χ2n) is 5.12. The van der Waals surface area contributed by atoms with Gasteiger partial charge in [-0.15, -0.1) is 0 Å². The zero-order valence-electron chi connectivity index (χ0n) is 13.6. The highest BCUT2D eigenvalue weighted by molar-refractivity contribution is 5.65. The van der Waals surface area contributed by atoms with Crippen molar-refractivity contribution in [1.29, 1.82) is 5.26 Å². The first-order chi connectivity index (χ1) is 11.7. The van der Waals surface area contributed by atoms with E-state index in [-0.39, 0.29) is 5.97 Å². The largest absolute Gasteiger partial charge is 0.464 e. The van der Waals surface area contributed by atoms with Gasteiger partial charge in [0.1, 0.15) is 6.61 Å². The van der Waals surface area contributed by atoms with E-state index in [0.717, 1.165) is 17.2 Å². The molecule has 5 heteroatoms. The van der Waals surface area contributed by atoms with Gasteiger partial charge < -0.3 is 14.4 Å². The fraction of sp³-hybridized carbons (Fsp3) is 0.263. The van der Waals surface area contributed by atoms with Gasteiger partial charge in [0.15, 0.2) is 11.5 Å². The molecule has 24 heavy (non-hydrogen) atoms. The molecule has 5 nitrogen and oxygen atoms in total. The van der Waals surface area contributed by atoms with Gasteiger partial charge in [0, 0.05) is 19.2 Å². The Labute approximate surface area is 142 Å². The number of fused-ring (bicyclic) bond motifs is 1. The molecule has 124 valence electrons. The Balaban J connectivity index is 0.000000242. The number of carbonyl (C=O) groups is 1. The van der Waals surface area contributed by atoms with E-state index >= 15 is 0 Å². The zero-order valence-corrected chi connectivity index (χ0v) is 13.6. The van der Waals surface area contributed by atoms with Crippen LogP contribution in [0, 0.1) is 11.3 Å². The molecule has 0 aliphatic carbocycles. The summed E-state index contributed by atoms with van der Waals surface area (Å²) in [5, 5.41) is 8.61. The molecule has 1 heterocycles. The van der Waals surface area contributed by atoms with Crippen LogP contribution in [0.1, 0.15) is 13.3 Å². The lowest BCUT2D eigenvalue weighted by Gasteiger charge is -2.23. The highest BCUT2D eigenvalue weighted by Crippen LogP contribution is 2.43. The van der Waals surface area contributed by atoms with Gasteiger partial charge in [0.05, 0.1) is 19.0 Å². The summed E-state index contributed by atoms with van der Waals surface area (Å²) in [7, 11) is 0. The van der Waals surface area contributed by atoms with E-state index < -0.39 is 0 Å². The quantitative estimate of drug-likeness (QED) is 0.510. The summed E-state index contributed by atoms with van der Waals surface area (Å²) >= 11 is 0. The number of hydrogen-bond donors (Lipinski definition) is 0. The van der Waals surface area contributed by atoms with E-state index in [2.05, 4.69) is 6.07 Å². The normalized spacial score (nSPS) is 10.2. The lowest BCUT2D eigenvalue weighted by molar-refractivity contribution is -0.140. The van der Waals surface area contributed by atoms with Crippen molar-refractivity contribution in [3.8, 4) is 17.6 Å². The Bertz CT molecular complexity index is 674. The molecule has 0 aromatic heterocycles. The molecule has 0 saturated heterocycles. The van der Waals surface area contributed by atoms with Gasteiger partial charge in [-0.05, 0) is 24.3 Å². The Morgan fingerprint density at radius 2 is 1.71 bits per heavy atom. The lowest BCUT2D eigenvalue weighted by Crippen LogP contribution is -2.28. The van der Waals surface area contributed by atoms with Crippen LogP contribution in [-0.4, -0.2) is 25.7 Å². The standard InChI is InChI=1S/C13H16N2O2.C6H4O/c1-12(16)17-11-10-15(9-5-8-14)13-6-3-2-4-7-13;1-2-4-6-5(3-1)7-6/h2-4,6-7H,5,9-11H2,1H3;1-4H. The number of carbonyl (C=O) groups excluding carboxylic acids is 1. The second-order valence-corrected chi connectivity index (χ2v) is 5.12. The molecule has 1 aliphatic rings. The summed E-state index contributed by atoms with van der Waals surface area (Å²) in [4.78, 5) is 12.7. The molecule has 0 atom stereocenters. The van der Waals surface area contributed by atoms with Crippen molar-refractivity contribution in [1.82, 2.24) is 0 Å². The molecule has 2 aromatic carbocycles. The van der Waals surface area contributed by atoms with Crippen molar-refractivity contribution in [2.45, 2.75) is 13.3 Å². The van der Waals surface area contributed by atoms with Crippen LogP contribution in [0.15, 0.2) is 54.6 Å². The van der Waals surface area contributed by atoms with Crippen molar-refractivity contribution in [3.63, 3.8) is 0 Å². The maximum atomic E-state index is 10.7. The van der Waals surface area contributed by atoms with Crippen LogP contribution in [0.25, 0.3) is 0 Å². The molecule has 0 N–H and O–H groups in total. The van der Waals surface area contributed by atoms with Crippen LogP contribution in [0.3, 0.4) is 0 Å². The van der Waals surface area contributed by atoms with Gasteiger partial charge in [-0.25, -0.2) is 0 Å². The third-order valence-electron chi connectivity index (χ3n) is 3.31. The maximum absolute atomic E-state index is 10.7. The molecule has 3 rings (SSSR count). The Morgan fingerprint density at radius 1 is 1.08 bits per heavy atom.